The topological polar surface area (TPSA) is 48.9 Å². The minimum atomic E-state index is 0. The molecule has 0 bridgehead atoms. The number of rotatable bonds is 8. The predicted molar refractivity (Wildman–Crippen MR) is 112 cm³/mol. The van der Waals surface area contributed by atoms with Crippen LogP contribution in [-0.2, 0) is 4.74 Å². The fourth-order valence-corrected chi connectivity index (χ4v) is 3.58. The van der Waals surface area contributed by atoms with Crippen LogP contribution in [0.4, 0.5) is 0 Å². The lowest BCUT2D eigenvalue weighted by atomic mass is 9.67. The second kappa shape index (κ2) is 11.5. The summed E-state index contributed by atoms with van der Waals surface area (Å²) in [6.07, 6.45) is 7.67. The molecule has 2 rings (SSSR count). The number of nitrogens with one attached hydrogen (secondary N) is 2. The summed E-state index contributed by atoms with van der Waals surface area (Å²) >= 11 is 0. The number of ether oxygens (including phenoxy) is 1. The molecule has 1 aliphatic carbocycles. The van der Waals surface area contributed by atoms with E-state index in [1.807, 2.05) is 0 Å². The molecular weight excluding hydrogens is 415 g/mol. The third-order valence-corrected chi connectivity index (χ3v) is 5.56. The van der Waals surface area contributed by atoms with Gasteiger partial charge in [0.05, 0.1) is 0 Å². The molecule has 0 spiro atoms. The zero-order valence-electron chi connectivity index (χ0n) is 15.8. The number of halogens is 1. The van der Waals surface area contributed by atoms with E-state index in [2.05, 4.69) is 29.5 Å². The number of aliphatic imine (C=N–C) groups is 1. The first-order chi connectivity index (χ1) is 11.2. The van der Waals surface area contributed by atoms with E-state index in [9.17, 15) is 0 Å². The third-order valence-electron chi connectivity index (χ3n) is 5.56. The van der Waals surface area contributed by atoms with Crippen molar-refractivity contribution < 1.29 is 4.74 Å². The van der Waals surface area contributed by atoms with Gasteiger partial charge in [-0.05, 0) is 70.5 Å². The minimum absolute atomic E-state index is 0. The van der Waals surface area contributed by atoms with E-state index in [0.717, 1.165) is 44.5 Å². The highest BCUT2D eigenvalue weighted by molar-refractivity contribution is 14.0. The van der Waals surface area contributed by atoms with Crippen LogP contribution >= 0.6 is 24.0 Å². The molecule has 0 aromatic rings. The SMILES string of the molecule is CCNC(=NCC1(CCOC)CCC1)NCC1CCN(C)CC1.I. The van der Waals surface area contributed by atoms with Gasteiger partial charge in [0.2, 0.25) is 0 Å². The zero-order chi connectivity index (χ0) is 16.5. The highest BCUT2D eigenvalue weighted by Gasteiger charge is 2.36. The fourth-order valence-electron chi connectivity index (χ4n) is 3.58. The Morgan fingerprint density at radius 2 is 1.96 bits per heavy atom. The maximum Gasteiger partial charge on any atom is 0.191 e. The van der Waals surface area contributed by atoms with Crippen molar-refractivity contribution in [1.82, 2.24) is 15.5 Å². The van der Waals surface area contributed by atoms with Crippen LogP contribution in [0.5, 0.6) is 0 Å². The first-order valence-corrected chi connectivity index (χ1v) is 9.37. The van der Waals surface area contributed by atoms with Gasteiger partial charge < -0.3 is 20.3 Å². The van der Waals surface area contributed by atoms with Crippen LogP contribution in [0.25, 0.3) is 0 Å². The number of nitrogens with zero attached hydrogens (tertiary/aromatic N) is 2. The highest BCUT2D eigenvalue weighted by Crippen LogP contribution is 2.44. The summed E-state index contributed by atoms with van der Waals surface area (Å²) in [4.78, 5) is 7.31. The van der Waals surface area contributed by atoms with Gasteiger partial charge in [0.25, 0.3) is 0 Å². The average molecular weight is 452 g/mol. The predicted octanol–water partition coefficient (Wildman–Crippen LogP) is 2.71. The Bertz CT molecular complexity index is 366. The van der Waals surface area contributed by atoms with Crippen molar-refractivity contribution >= 4 is 29.9 Å². The standard InChI is InChI=1S/C18H36N4O.HI/c1-4-19-17(20-14-16-6-11-22(2)12-7-16)21-15-18(8-5-9-18)10-13-23-3;/h16H,4-15H2,1-3H3,(H2,19,20,21);1H. The van der Waals surface area contributed by atoms with E-state index in [-0.39, 0.29) is 24.0 Å². The molecule has 0 radical (unpaired) electrons. The summed E-state index contributed by atoms with van der Waals surface area (Å²) in [5.74, 6) is 1.77. The van der Waals surface area contributed by atoms with Crippen molar-refractivity contribution in [3.63, 3.8) is 0 Å². The summed E-state index contributed by atoms with van der Waals surface area (Å²) in [7, 11) is 4.01. The molecule has 2 aliphatic rings. The number of hydrogen-bond acceptors (Lipinski definition) is 3. The monoisotopic (exact) mass is 452 g/mol. The quantitative estimate of drug-likeness (QED) is 0.338. The summed E-state index contributed by atoms with van der Waals surface area (Å²) in [5.41, 5.74) is 0.395. The van der Waals surface area contributed by atoms with Crippen molar-refractivity contribution in [2.75, 3.05) is 53.5 Å². The summed E-state index contributed by atoms with van der Waals surface area (Å²) in [5, 5.41) is 6.98. The lowest BCUT2D eigenvalue weighted by molar-refractivity contribution is 0.0778. The van der Waals surface area contributed by atoms with Gasteiger partial charge in [-0.1, -0.05) is 6.42 Å². The van der Waals surface area contributed by atoms with Gasteiger partial charge >= 0.3 is 0 Å². The highest BCUT2D eigenvalue weighted by atomic mass is 127. The molecule has 0 atom stereocenters. The van der Waals surface area contributed by atoms with Gasteiger partial charge in [0.15, 0.2) is 5.96 Å². The van der Waals surface area contributed by atoms with E-state index in [4.69, 9.17) is 9.73 Å². The smallest absolute Gasteiger partial charge is 0.191 e. The molecule has 0 amide bonds. The van der Waals surface area contributed by atoms with E-state index < -0.39 is 0 Å². The molecule has 1 saturated carbocycles. The van der Waals surface area contributed by atoms with Crippen molar-refractivity contribution in [2.24, 2.45) is 16.3 Å². The maximum atomic E-state index is 5.28. The van der Waals surface area contributed by atoms with Gasteiger partial charge in [0.1, 0.15) is 0 Å². The molecule has 1 aliphatic heterocycles. The second-order valence-electron chi connectivity index (χ2n) is 7.42. The Hall–Kier alpha value is -0.0800. The second-order valence-corrected chi connectivity index (χ2v) is 7.42. The first kappa shape index (κ1) is 22.0. The normalized spacial score (nSPS) is 21.7. The third kappa shape index (κ3) is 7.04. The summed E-state index contributed by atoms with van der Waals surface area (Å²) in [6, 6.07) is 0. The van der Waals surface area contributed by atoms with Gasteiger partial charge in [-0.15, -0.1) is 24.0 Å². The number of methoxy groups -OCH3 is 1. The van der Waals surface area contributed by atoms with Crippen molar-refractivity contribution in [3.8, 4) is 0 Å². The molecule has 2 N–H and O–H groups in total. The maximum absolute atomic E-state index is 5.28. The van der Waals surface area contributed by atoms with Crippen LogP contribution in [0.3, 0.4) is 0 Å². The van der Waals surface area contributed by atoms with Crippen LogP contribution in [0.2, 0.25) is 0 Å². The number of hydrogen-bond donors (Lipinski definition) is 2. The molecule has 0 unspecified atom stereocenters. The van der Waals surface area contributed by atoms with Gasteiger partial charge in [-0.2, -0.15) is 0 Å². The number of guanidine groups is 1. The van der Waals surface area contributed by atoms with Gasteiger partial charge in [0, 0.05) is 33.4 Å². The molecule has 6 heteroatoms. The van der Waals surface area contributed by atoms with Crippen LogP contribution in [0, 0.1) is 11.3 Å². The fraction of sp³-hybridized carbons (Fsp3) is 0.944. The summed E-state index contributed by atoms with van der Waals surface area (Å²) < 4.78 is 5.28. The van der Waals surface area contributed by atoms with Gasteiger partial charge in [-0.3, -0.25) is 4.99 Å². The number of piperidine rings is 1. The van der Waals surface area contributed by atoms with Crippen molar-refractivity contribution in [2.45, 2.75) is 45.4 Å². The molecule has 1 saturated heterocycles. The number of likely N-dealkylation sites (tertiary alicyclic amines) is 1. The first-order valence-electron chi connectivity index (χ1n) is 9.37. The van der Waals surface area contributed by atoms with Crippen LogP contribution in [-0.4, -0.2) is 64.3 Å². The van der Waals surface area contributed by atoms with Crippen LogP contribution in [0.15, 0.2) is 4.99 Å². The van der Waals surface area contributed by atoms with E-state index in [1.165, 1.54) is 45.2 Å². The summed E-state index contributed by atoms with van der Waals surface area (Å²) in [6.45, 7) is 8.33. The zero-order valence-corrected chi connectivity index (χ0v) is 18.1. The molecule has 5 nitrogen and oxygen atoms in total. The average Bonchev–Trinajstić information content (AvgIpc) is 2.52. The Morgan fingerprint density at radius 3 is 2.50 bits per heavy atom. The molecule has 0 aromatic carbocycles. The molecule has 0 aromatic heterocycles. The van der Waals surface area contributed by atoms with Gasteiger partial charge in [-0.25, -0.2) is 0 Å². The lowest BCUT2D eigenvalue weighted by Gasteiger charge is -2.40. The van der Waals surface area contributed by atoms with Crippen LogP contribution in [0.1, 0.15) is 45.4 Å². The molecule has 1 heterocycles. The lowest BCUT2D eigenvalue weighted by Crippen LogP contribution is -2.43. The Kier molecular flexibility index (Phi) is 10.5. The molecular formula is C18H37IN4O. The van der Waals surface area contributed by atoms with Crippen molar-refractivity contribution in [3.05, 3.63) is 0 Å². The van der Waals surface area contributed by atoms with E-state index in [0.29, 0.717) is 5.41 Å². The molecule has 24 heavy (non-hydrogen) atoms. The van der Waals surface area contributed by atoms with Crippen molar-refractivity contribution in [1.29, 1.82) is 0 Å². The molecule has 2 fully saturated rings. The Morgan fingerprint density at radius 1 is 1.25 bits per heavy atom. The van der Waals surface area contributed by atoms with E-state index in [1.54, 1.807) is 7.11 Å². The largest absolute Gasteiger partial charge is 0.385 e. The van der Waals surface area contributed by atoms with Crippen LogP contribution < -0.4 is 10.6 Å². The molecule has 142 valence electrons. The Balaban J connectivity index is 0.00000288. The van der Waals surface area contributed by atoms with E-state index >= 15 is 0 Å². The Labute approximate surface area is 165 Å². The minimum Gasteiger partial charge on any atom is -0.385 e.